The number of halogens is 1. The van der Waals surface area contributed by atoms with Crippen LogP contribution in [0, 0.1) is 20.8 Å². The number of guanidine groups is 1. The summed E-state index contributed by atoms with van der Waals surface area (Å²) in [6.07, 6.45) is 7.03. The van der Waals surface area contributed by atoms with Gasteiger partial charge in [-0.3, -0.25) is 9.67 Å². The van der Waals surface area contributed by atoms with Gasteiger partial charge in [-0.1, -0.05) is 0 Å². The number of aliphatic imine (C=N–C) groups is 1. The van der Waals surface area contributed by atoms with E-state index in [0.717, 1.165) is 49.8 Å². The van der Waals surface area contributed by atoms with E-state index in [-0.39, 0.29) is 30.0 Å². The SMILES string of the molecule is CN=C(NCCCCn1ccnc1C)NC(C)Cc1c(C)nn(C)c1C.I. The van der Waals surface area contributed by atoms with Crippen LogP contribution in [-0.4, -0.2) is 44.9 Å². The molecule has 7 nitrogen and oxygen atoms in total. The number of hydrogen-bond donors (Lipinski definition) is 2. The molecule has 0 radical (unpaired) electrons. The number of hydrogen-bond acceptors (Lipinski definition) is 3. The molecular weight excluding hydrogens is 453 g/mol. The van der Waals surface area contributed by atoms with Crippen LogP contribution in [0.15, 0.2) is 17.4 Å². The second-order valence-corrected chi connectivity index (χ2v) is 6.90. The summed E-state index contributed by atoms with van der Waals surface area (Å²) in [5.74, 6) is 1.93. The van der Waals surface area contributed by atoms with Crippen LogP contribution in [0.4, 0.5) is 0 Å². The van der Waals surface area contributed by atoms with E-state index >= 15 is 0 Å². The van der Waals surface area contributed by atoms with Crippen LogP contribution in [0.1, 0.15) is 42.5 Å². The van der Waals surface area contributed by atoms with Crippen molar-refractivity contribution in [1.29, 1.82) is 0 Å². The maximum atomic E-state index is 4.50. The molecule has 0 aliphatic carbocycles. The van der Waals surface area contributed by atoms with E-state index in [1.165, 1.54) is 11.3 Å². The number of rotatable bonds is 8. The first-order valence-electron chi connectivity index (χ1n) is 9.36. The average Bonchev–Trinajstić information content (AvgIpc) is 3.11. The number of imidazole rings is 1. The van der Waals surface area contributed by atoms with E-state index < -0.39 is 0 Å². The van der Waals surface area contributed by atoms with E-state index in [1.54, 1.807) is 0 Å². The Hall–Kier alpha value is -1.58. The molecule has 0 amide bonds. The minimum atomic E-state index is 0. The van der Waals surface area contributed by atoms with Crippen LogP contribution in [-0.2, 0) is 20.0 Å². The Morgan fingerprint density at radius 1 is 1.26 bits per heavy atom. The fourth-order valence-electron chi connectivity index (χ4n) is 3.15. The second-order valence-electron chi connectivity index (χ2n) is 6.90. The van der Waals surface area contributed by atoms with Crippen molar-refractivity contribution in [3.63, 3.8) is 0 Å². The largest absolute Gasteiger partial charge is 0.356 e. The Morgan fingerprint density at radius 2 is 2.00 bits per heavy atom. The van der Waals surface area contributed by atoms with Crippen LogP contribution in [0.5, 0.6) is 0 Å². The standard InChI is InChI=1S/C19H33N7.HI/c1-14(13-18-15(2)24-25(6)16(18)3)23-19(20-5)22-9-7-8-11-26-12-10-21-17(26)4;/h10,12,14H,7-9,11,13H2,1-6H3,(H2,20,22,23);1H. The fraction of sp³-hybridized carbons (Fsp3) is 0.632. The monoisotopic (exact) mass is 487 g/mol. The lowest BCUT2D eigenvalue weighted by Crippen LogP contribution is -2.43. The minimum Gasteiger partial charge on any atom is -0.356 e. The van der Waals surface area contributed by atoms with Crippen LogP contribution in [0.2, 0.25) is 0 Å². The molecule has 152 valence electrons. The Kier molecular flexibility index (Phi) is 9.82. The summed E-state index contributed by atoms with van der Waals surface area (Å²) in [6, 6.07) is 0.288. The molecule has 8 heteroatoms. The van der Waals surface area contributed by atoms with Crippen LogP contribution in [0.25, 0.3) is 0 Å². The molecule has 27 heavy (non-hydrogen) atoms. The van der Waals surface area contributed by atoms with E-state index in [4.69, 9.17) is 0 Å². The first kappa shape index (κ1) is 23.5. The minimum absolute atomic E-state index is 0. The van der Waals surface area contributed by atoms with Crippen LogP contribution >= 0.6 is 24.0 Å². The first-order chi connectivity index (χ1) is 12.4. The Morgan fingerprint density at radius 3 is 2.56 bits per heavy atom. The topological polar surface area (TPSA) is 72.1 Å². The molecule has 0 aliphatic rings. The number of nitrogens with one attached hydrogen (secondary N) is 2. The van der Waals surface area contributed by atoms with Gasteiger partial charge in [0.1, 0.15) is 5.82 Å². The van der Waals surface area contributed by atoms with Gasteiger partial charge < -0.3 is 15.2 Å². The molecule has 1 unspecified atom stereocenters. The third kappa shape index (κ3) is 6.82. The normalized spacial score (nSPS) is 12.6. The lowest BCUT2D eigenvalue weighted by molar-refractivity contribution is 0.581. The molecule has 0 aromatic carbocycles. The summed E-state index contributed by atoms with van der Waals surface area (Å²) in [5.41, 5.74) is 3.66. The van der Waals surface area contributed by atoms with E-state index in [9.17, 15) is 0 Å². The molecular formula is C19H34IN7. The zero-order chi connectivity index (χ0) is 19.1. The van der Waals surface area contributed by atoms with Crippen molar-refractivity contribution in [1.82, 2.24) is 30.0 Å². The van der Waals surface area contributed by atoms with Crippen molar-refractivity contribution in [2.24, 2.45) is 12.0 Å². The molecule has 0 spiro atoms. The Labute approximate surface area is 180 Å². The van der Waals surface area contributed by atoms with E-state index in [1.807, 2.05) is 38.1 Å². The van der Waals surface area contributed by atoms with Gasteiger partial charge in [0.2, 0.25) is 0 Å². The molecule has 2 aromatic rings. The van der Waals surface area contributed by atoms with Crippen molar-refractivity contribution in [2.45, 2.75) is 59.5 Å². The maximum absolute atomic E-state index is 4.50. The summed E-state index contributed by atoms with van der Waals surface area (Å²) in [4.78, 5) is 8.59. The summed E-state index contributed by atoms with van der Waals surface area (Å²) in [6.45, 7) is 10.3. The summed E-state index contributed by atoms with van der Waals surface area (Å²) >= 11 is 0. The summed E-state index contributed by atoms with van der Waals surface area (Å²) in [5, 5.41) is 11.4. The highest BCUT2D eigenvalue weighted by Gasteiger charge is 2.13. The highest BCUT2D eigenvalue weighted by molar-refractivity contribution is 14.0. The molecule has 0 saturated carbocycles. The zero-order valence-corrected chi connectivity index (χ0v) is 19.7. The predicted molar refractivity (Wildman–Crippen MR) is 122 cm³/mol. The Bertz CT molecular complexity index is 732. The zero-order valence-electron chi connectivity index (χ0n) is 17.4. The summed E-state index contributed by atoms with van der Waals surface area (Å²) < 4.78 is 4.14. The third-order valence-electron chi connectivity index (χ3n) is 4.82. The maximum Gasteiger partial charge on any atom is 0.191 e. The van der Waals surface area contributed by atoms with Gasteiger partial charge in [0.05, 0.1) is 5.69 Å². The van der Waals surface area contributed by atoms with Crippen LogP contribution in [0.3, 0.4) is 0 Å². The molecule has 0 fully saturated rings. The molecule has 1 atom stereocenters. The van der Waals surface area contributed by atoms with Crippen molar-refractivity contribution in [2.75, 3.05) is 13.6 Å². The van der Waals surface area contributed by atoms with Crippen molar-refractivity contribution >= 4 is 29.9 Å². The first-order valence-corrected chi connectivity index (χ1v) is 9.36. The fourth-order valence-corrected chi connectivity index (χ4v) is 3.15. The number of aryl methyl sites for hydroxylation is 4. The van der Waals surface area contributed by atoms with Gasteiger partial charge in [0.15, 0.2) is 5.96 Å². The molecule has 2 heterocycles. The van der Waals surface area contributed by atoms with E-state index in [0.29, 0.717) is 0 Å². The lowest BCUT2D eigenvalue weighted by Gasteiger charge is -2.18. The molecule has 2 N–H and O–H groups in total. The van der Waals surface area contributed by atoms with Crippen LogP contribution < -0.4 is 10.6 Å². The molecule has 2 aromatic heterocycles. The highest BCUT2D eigenvalue weighted by atomic mass is 127. The molecule has 2 rings (SSSR count). The quantitative estimate of drug-likeness (QED) is 0.260. The smallest absolute Gasteiger partial charge is 0.191 e. The Balaban J connectivity index is 0.00000364. The highest BCUT2D eigenvalue weighted by Crippen LogP contribution is 2.14. The van der Waals surface area contributed by atoms with Gasteiger partial charge in [-0.05, 0) is 52.5 Å². The number of unbranched alkanes of at least 4 members (excludes halogenated alkanes) is 1. The molecule has 0 aliphatic heterocycles. The molecule has 0 bridgehead atoms. The number of aromatic nitrogens is 4. The second kappa shape index (κ2) is 11.3. The average molecular weight is 487 g/mol. The summed E-state index contributed by atoms with van der Waals surface area (Å²) in [7, 11) is 3.81. The van der Waals surface area contributed by atoms with Gasteiger partial charge in [0.25, 0.3) is 0 Å². The van der Waals surface area contributed by atoms with Crippen molar-refractivity contribution in [3.05, 3.63) is 35.2 Å². The predicted octanol–water partition coefficient (Wildman–Crippen LogP) is 2.74. The van der Waals surface area contributed by atoms with Crippen molar-refractivity contribution < 1.29 is 0 Å². The van der Waals surface area contributed by atoms with Crippen molar-refractivity contribution in [3.8, 4) is 0 Å². The van der Waals surface area contributed by atoms with Gasteiger partial charge in [-0.2, -0.15) is 5.10 Å². The van der Waals surface area contributed by atoms with Gasteiger partial charge in [-0.15, -0.1) is 24.0 Å². The van der Waals surface area contributed by atoms with E-state index in [2.05, 4.69) is 51.0 Å². The molecule has 0 saturated heterocycles. The lowest BCUT2D eigenvalue weighted by atomic mass is 10.1. The van der Waals surface area contributed by atoms with Gasteiger partial charge >= 0.3 is 0 Å². The van der Waals surface area contributed by atoms with Gasteiger partial charge in [-0.25, -0.2) is 4.98 Å². The van der Waals surface area contributed by atoms with Gasteiger partial charge in [0, 0.05) is 51.3 Å². The number of nitrogens with zero attached hydrogens (tertiary/aromatic N) is 5. The third-order valence-corrected chi connectivity index (χ3v) is 4.82.